The van der Waals surface area contributed by atoms with Crippen molar-refractivity contribution in [1.29, 1.82) is 0 Å². The molecule has 0 saturated carbocycles. The van der Waals surface area contributed by atoms with Gasteiger partial charge < -0.3 is 14.2 Å². The number of methoxy groups -OCH3 is 1. The van der Waals surface area contributed by atoms with Crippen LogP contribution in [0.15, 0.2) is 0 Å². The number of rotatable bonds is 8. The molecule has 0 spiro atoms. The summed E-state index contributed by atoms with van der Waals surface area (Å²) in [6.07, 6.45) is 0. The molecule has 0 saturated heterocycles. The summed E-state index contributed by atoms with van der Waals surface area (Å²) < 4.78 is 9.30. The normalized spacial score (nSPS) is 11.9. The topological polar surface area (TPSA) is 48.1 Å². The average Bonchev–Trinajstić information content (AvgIpc) is 3.00. The summed E-state index contributed by atoms with van der Waals surface area (Å²) in [6.45, 7) is 8.34. The van der Waals surface area contributed by atoms with Crippen molar-refractivity contribution in [2.45, 2.75) is 32.8 Å². The maximum Gasteiger partial charge on any atom is 0.158 e. The molecule has 2 heterocycles. The number of nitrogens with zero attached hydrogens (tertiary/aromatic N) is 5. The lowest BCUT2D eigenvalue weighted by Gasteiger charge is -2.17. The van der Waals surface area contributed by atoms with Gasteiger partial charge in [-0.2, -0.15) is 5.10 Å². The molecule has 0 aromatic carbocycles. The fourth-order valence-corrected chi connectivity index (χ4v) is 2.66. The lowest BCUT2D eigenvalue weighted by Crippen LogP contribution is -2.27. The highest BCUT2D eigenvalue weighted by atomic mass is 35.5. The Morgan fingerprint density at radius 3 is 2.71 bits per heavy atom. The SMILES string of the molecule is CCn1nc(C)c2nc(CCl)n(CCN(C)CCOC)c21. The van der Waals surface area contributed by atoms with Gasteiger partial charge >= 0.3 is 0 Å². The van der Waals surface area contributed by atoms with Gasteiger partial charge in [0.05, 0.1) is 18.2 Å². The monoisotopic (exact) mass is 313 g/mol. The van der Waals surface area contributed by atoms with Crippen molar-refractivity contribution in [3.8, 4) is 0 Å². The number of imidazole rings is 1. The number of aromatic nitrogens is 4. The lowest BCUT2D eigenvalue weighted by atomic mass is 10.4. The molecule has 0 bridgehead atoms. The molecule has 2 rings (SSSR count). The summed E-state index contributed by atoms with van der Waals surface area (Å²) in [5.41, 5.74) is 3.00. The van der Waals surface area contributed by atoms with Gasteiger partial charge in [-0.25, -0.2) is 9.67 Å². The van der Waals surface area contributed by atoms with E-state index in [4.69, 9.17) is 16.3 Å². The Bertz CT molecular complexity index is 592. The van der Waals surface area contributed by atoms with Crippen LogP contribution in [0.1, 0.15) is 18.4 Å². The summed E-state index contributed by atoms with van der Waals surface area (Å²) in [5.74, 6) is 1.33. The minimum Gasteiger partial charge on any atom is -0.383 e. The van der Waals surface area contributed by atoms with E-state index in [9.17, 15) is 0 Å². The fraction of sp³-hybridized carbons (Fsp3) is 0.714. The van der Waals surface area contributed by atoms with Crippen LogP contribution >= 0.6 is 11.6 Å². The second-order valence-electron chi connectivity index (χ2n) is 5.18. The number of alkyl halides is 1. The van der Waals surface area contributed by atoms with Crippen LogP contribution in [0.5, 0.6) is 0 Å². The molecule has 0 fully saturated rings. The fourth-order valence-electron chi connectivity index (χ4n) is 2.46. The Kier molecular flexibility index (Phi) is 5.61. The Morgan fingerprint density at radius 2 is 2.10 bits per heavy atom. The standard InChI is InChI=1S/C14H24ClN5O/c1-5-20-14-13(11(2)17-20)16-12(10-15)19(14)7-6-18(3)8-9-21-4/h5-10H2,1-4H3. The molecule has 2 aromatic heterocycles. The molecule has 6 nitrogen and oxygen atoms in total. The largest absolute Gasteiger partial charge is 0.383 e. The van der Waals surface area contributed by atoms with E-state index >= 15 is 0 Å². The van der Waals surface area contributed by atoms with E-state index in [2.05, 4.69) is 33.5 Å². The van der Waals surface area contributed by atoms with Gasteiger partial charge in [-0.15, -0.1) is 11.6 Å². The van der Waals surface area contributed by atoms with E-state index in [-0.39, 0.29) is 0 Å². The zero-order valence-corrected chi connectivity index (χ0v) is 14.0. The van der Waals surface area contributed by atoms with Crippen LogP contribution in [-0.4, -0.2) is 58.1 Å². The van der Waals surface area contributed by atoms with Gasteiger partial charge in [-0.3, -0.25) is 0 Å². The molecule has 0 radical (unpaired) electrons. The predicted octanol–water partition coefficient (Wildman–Crippen LogP) is 1.88. The van der Waals surface area contributed by atoms with Crippen LogP contribution < -0.4 is 0 Å². The highest BCUT2D eigenvalue weighted by molar-refractivity contribution is 6.16. The van der Waals surface area contributed by atoms with E-state index in [0.717, 1.165) is 55.5 Å². The van der Waals surface area contributed by atoms with Crippen LogP contribution in [0.2, 0.25) is 0 Å². The van der Waals surface area contributed by atoms with Gasteiger partial charge in [0.15, 0.2) is 5.65 Å². The Hall–Kier alpha value is -1.11. The molecule has 2 aromatic rings. The van der Waals surface area contributed by atoms with Gasteiger partial charge in [0.1, 0.15) is 11.3 Å². The smallest absolute Gasteiger partial charge is 0.158 e. The first-order chi connectivity index (χ1) is 10.1. The van der Waals surface area contributed by atoms with Crippen LogP contribution in [0.4, 0.5) is 0 Å². The van der Waals surface area contributed by atoms with Crippen molar-refractivity contribution in [1.82, 2.24) is 24.2 Å². The molecular formula is C14H24ClN5O. The Labute approximate surface area is 130 Å². The molecule has 118 valence electrons. The van der Waals surface area contributed by atoms with Crippen molar-refractivity contribution < 1.29 is 4.74 Å². The molecule has 0 N–H and O–H groups in total. The molecule has 0 amide bonds. The second-order valence-corrected chi connectivity index (χ2v) is 5.45. The lowest BCUT2D eigenvalue weighted by molar-refractivity contribution is 0.159. The minimum absolute atomic E-state index is 0.416. The van der Waals surface area contributed by atoms with Crippen LogP contribution in [0, 0.1) is 6.92 Å². The van der Waals surface area contributed by atoms with E-state index < -0.39 is 0 Å². The van der Waals surface area contributed by atoms with Gasteiger partial charge in [-0.05, 0) is 20.9 Å². The number of halogens is 1. The molecule has 0 unspecified atom stereocenters. The highest BCUT2D eigenvalue weighted by Crippen LogP contribution is 2.20. The zero-order valence-electron chi connectivity index (χ0n) is 13.3. The molecule has 7 heteroatoms. The number of likely N-dealkylation sites (N-methyl/N-ethyl adjacent to an activating group) is 1. The predicted molar refractivity (Wildman–Crippen MR) is 84.9 cm³/mol. The third kappa shape index (κ3) is 3.39. The summed E-state index contributed by atoms with van der Waals surface area (Å²) in [7, 11) is 3.82. The van der Waals surface area contributed by atoms with Crippen molar-refractivity contribution in [3.05, 3.63) is 11.5 Å². The molecule has 0 atom stereocenters. The van der Waals surface area contributed by atoms with Crippen molar-refractivity contribution in [3.63, 3.8) is 0 Å². The van der Waals surface area contributed by atoms with Gasteiger partial charge in [0.2, 0.25) is 0 Å². The van der Waals surface area contributed by atoms with Gasteiger partial charge in [0, 0.05) is 33.3 Å². The first kappa shape index (κ1) is 16.3. The van der Waals surface area contributed by atoms with Crippen LogP contribution in [0.25, 0.3) is 11.2 Å². The van der Waals surface area contributed by atoms with Crippen LogP contribution in [-0.2, 0) is 23.7 Å². The summed E-state index contributed by atoms with van der Waals surface area (Å²) in [6, 6.07) is 0. The summed E-state index contributed by atoms with van der Waals surface area (Å²) in [4.78, 5) is 6.89. The molecule has 0 aliphatic heterocycles. The second kappa shape index (κ2) is 7.24. The third-order valence-electron chi connectivity index (χ3n) is 3.68. The third-order valence-corrected chi connectivity index (χ3v) is 3.92. The Morgan fingerprint density at radius 1 is 1.33 bits per heavy atom. The minimum atomic E-state index is 0.416. The molecular weight excluding hydrogens is 290 g/mol. The number of hydrogen-bond acceptors (Lipinski definition) is 4. The first-order valence-electron chi connectivity index (χ1n) is 7.28. The van der Waals surface area contributed by atoms with Crippen molar-refractivity contribution >= 4 is 22.8 Å². The first-order valence-corrected chi connectivity index (χ1v) is 7.81. The summed E-state index contributed by atoms with van der Waals surface area (Å²) >= 11 is 6.06. The average molecular weight is 314 g/mol. The number of fused-ring (bicyclic) bond motifs is 1. The Balaban J connectivity index is 2.24. The van der Waals surface area contributed by atoms with Crippen LogP contribution in [0.3, 0.4) is 0 Å². The number of hydrogen-bond donors (Lipinski definition) is 0. The van der Waals surface area contributed by atoms with Gasteiger partial charge in [0.25, 0.3) is 0 Å². The van der Waals surface area contributed by atoms with E-state index in [1.165, 1.54) is 0 Å². The summed E-state index contributed by atoms with van der Waals surface area (Å²) in [5, 5.41) is 4.54. The van der Waals surface area contributed by atoms with E-state index in [1.54, 1.807) is 7.11 Å². The quantitative estimate of drug-likeness (QED) is 0.698. The maximum absolute atomic E-state index is 6.06. The molecule has 0 aliphatic carbocycles. The molecule has 21 heavy (non-hydrogen) atoms. The van der Waals surface area contributed by atoms with E-state index in [1.807, 2.05) is 11.6 Å². The number of ether oxygens (including phenoxy) is 1. The zero-order chi connectivity index (χ0) is 15.4. The number of aryl methyl sites for hydroxylation is 2. The molecule has 0 aliphatic rings. The van der Waals surface area contributed by atoms with E-state index in [0.29, 0.717) is 5.88 Å². The van der Waals surface area contributed by atoms with Gasteiger partial charge in [-0.1, -0.05) is 0 Å². The maximum atomic E-state index is 6.06. The highest BCUT2D eigenvalue weighted by Gasteiger charge is 2.17. The van der Waals surface area contributed by atoms with Crippen molar-refractivity contribution in [2.24, 2.45) is 0 Å². The van der Waals surface area contributed by atoms with Crippen molar-refractivity contribution in [2.75, 3.05) is 33.9 Å².